The fourth-order valence-corrected chi connectivity index (χ4v) is 3.59. The first-order valence-corrected chi connectivity index (χ1v) is 9.90. The number of carbonyl (C=O) groups excluding carboxylic acids is 1. The molecular formula is C20H19N3O4S. The molecule has 1 aromatic heterocycles. The average Bonchev–Trinajstić information content (AvgIpc) is 2.72. The Labute approximate surface area is 163 Å². The summed E-state index contributed by atoms with van der Waals surface area (Å²) in [6, 6.07) is 16.0. The number of pyridine rings is 1. The van der Waals surface area contributed by atoms with Gasteiger partial charge in [-0.3, -0.25) is 14.5 Å². The standard InChI is InChI=1S/C20H19N3O4S/c1-27-18-6-3-5-17(13-18)23-28(25,26)19-7-2-4-16(12-19)20(24)22-14-15-8-10-21-11-9-15/h2-13,23H,14H2,1H3,(H,22,24). The highest BCUT2D eigenvalue weighted by Crippen LogP contribution is 2.21. The van der Waals surface area contributed by atoms with Crippen LogP contribution in [0.4, 0.5) is 5.69 Å². The normalized spacial score (nSPS) is 10.9. The van der Waals surface area contributed by atoms with E-state index in [0.29, 0.717) is 18.0 Å². The Balaban J connectivity index is 1.74. The smallest absolute Gasteiger partial charge is 0.261 e. The number of anilines is 1. The molecule has 7 nitrogen and oxygen atoms in total. The highest BCUT2D eigenvalue weighted by Gasteiger charge is 2.17. The van der Waals surface area contributed by atoms with Crippen LogP contribution in [0, 0.1) is 0 Å². The van der Waals surface area contributed by atoms with Crippen LogP contribution in [0.15, 0.2) is 78.0 Å². The van der Waals surface area contributed by atoms with E-state index in [1.54, 1.807) is 54.9 Å². The number of benzene rings is 2. The Hall–Kier alpha value is -3.39. The third-order valence-electron chi connectivity index (χ3n) is 3.93. The van der Waals surface area contributed by atoms with E-state index in [9.17, 15) is 13.2 Å². The number of aromatic nitrogens is 1. The lowest BCUT2D eigenvalue weighted by Crippen LogP contribution is -2.23. The van der Waals surface area contributed by atoms with E-state index in [2.05, 4.69) is 15.0 Å². The number of nitrogens with one attached hydrogen (secondary N) is 2. The van der Waals surface area contributed by atoms with Crippen LogP contribution in [0.5, 0.6) is 5.75 Å². The van der Waals surface area contributed by atoms with Crippen molar-refractivity contribution in [2.45, 2.75) is 11.4 Å². The van der Waals surface area contributed by atoms with Crippen LogP contribution in [0.3, 0.4) is 0 Å². The van der Waals surface area contributed by atoms with Crippen molar-refractivity contribution in [2.75, 3.05) is 11.8 Å². The van der Waals surface area contributed by atoms with Crippen LogP contribution in [0.2, 0.25) is 0 Å². The molecule has 0 fully saturated rings. The van der Waals surface area contributed by atoms with Crippen molar-refractivity contribution in [3.8, 4) is 5.75 Å². The van der Waals surface area contributed by atoms with Gasteiger partial charge in [-0.25, -0.2) is 8.42 Å². The maximum Gasteiger partial charge on any atom is 0.261 e. The lowest BCUT2D eigenvalue weighted by molar-refractivity contribution is 0.0950. The van der Waals surface area contributed by atoms with E-state index in [4.69, 9.17) is 4.74 Å². The summed E-state index contributed by atoms with van der Waals surface area (Å²) in [5.74, 6) is 0.166. The summed E-state index contributed by atoms with van der Waals surface area (Å²) in [7, 11) is -2.35. The zero-order valence-electron chi connectivity index (χ0n) is 15.1. The molecule has 1 heterocycles. The van der Waals surface area contributed by atoms with Gasteiger partial charge >= 0.3 is 0 Å². The number of carbonyl (C=O) groups is 1. The van der Waals surface area contributed by atoms with Gasteiger partial charge in [-0.05, 0) is 48.0 Å². The minimum absolute atomic E-state index is 0.00752. The van der Waals surface area contributed by atoms with E-state index < -0.39 is 10.0 Å². The number of rotatable bonds is 7. The van der Waals surface area contributed by atoms with Gasteiger partial charge in [0.2, 0.25) is 0 Å². The van der Waals surface area contributed by atoms with Crippen LogP contribution in [0.25, 0.3) is 0 Å². The molecule has 28 heavy (non-hydrogen) atoms. The third-order valence-corrected chi connectivity index (χ3v) is 5.31. The van der Waals surface area contributed by atoms with Gasteiger partial charge in [0.1, 0.15) is 5.75 Å². The third kappa shape index (κ3) is 4.86. The minimum Gasteiger partial charge on any atom is -0.497 e. The van der Waals surface area contributed by atoms with Gasteiger partial charge in [0.05, 0.1) is 17.7 Å². The number of methoxy groups -OCH3 is 1. The van der Waals surface area contributed by atoms with Crippen molar-refractivity contribution < 1.29 is 17.9 Å². The van der Waals surface area contributed by atoms with Gasteiger partial charge in [0, 0.05) is 30.6 Å². The first kappa shape index (κ1) is 19.4. The highest BCUT2D eigenvalue weighted by molar-refractivity contribution is 7.92. The zero-order chi connectivity index (χ0) is 20.0. The number of nitrogens with zero attached hydrogens (tertiary/aromatic N) is 1. The molecular weight excluding hydrogens is 378 g/mol. The fraction of sp³-hybridized carbons (Fsp3) is 0.100. The molecule has 0 radical (unpaired) electrons. The summed E-state index contributed by atoms with van der Waals surface area (Å²) in [5, 5.41) is 2.76. The van der Waals surface area contributed by atoms with Crippen LogP contribution < -0.4 is 14.8 Å². The van der Waals surface area contributed by atoms with E-state index in [1.165, 1.54) is 25.3 Å². The van der Waals surface area contributed by atoms with Crippen LogP contribution >= 0.6 is 0 Å². The second-order valence-electron chi connectivity index (χ2n) is 5.90. The average molecular weight is 397 g/mol. The second kappa shape index (κ2) is 8.53. The van der Waals surface area contributed by atoms with Crippen molar-refractivity contribution in [1.82, 2.24) is 10.3 Å². The van der Waals surface area contributed by atoms with E-state index in [-0.39, 0.29) is 16.4 Å². The number of hydrogen-bond acceptors (Lipinski definition) is 5. The van der Waals surface area contributed by atoms with Gasteiger partial charge < -0.3 is 10.1 Å². The van der Waals surface area contributed by atoms with E-state index in [0.717, 1.165) is 5.56 Å². The summed E-state index contributed by atoms with van der Waals surface area (Å²) < 4.78 is 32.9. The molecule has 8 heteroatoms. The Bertz CT molecular complexity index is 1070. The first-order chi connectivity index (χ1) is 13.5. The van der Waals surface area contributed by atoms with Gasteiger partial charge in [-0.15, -0.1) is 0 Å². The van der Waals surface area contributed by atoms with Crippen LogP contribution in [-0.2, 0) is 16.6 Å². The maximum absolute atomic E-state index is 12.7. The summed E-state index contributed by atoms with van der Waals surface area (Å²) in [4.78, 5) is 16.3. The van der Waals surface area contributed by atoms with Crippen molar-refractivity contribution in [3.63, 3.8) is 0 Å². The van der Waals surface area contributed by atoms with Gasteiger partial charge in [-0.2, -0.15) is 0 Å². The van der Waals surface area contributed by atoms with Gasteiger partial charge in [-0.1, -0.05) is 12.1 Å². The predicted molar refractivity (Wildman–Crippen MR) is 106 cm³/mol. The minimum atomic E-state index is -3.86. The SMILES string of the molecule is COc1cccc(NS(=O)(=O)c2cccc(C(=O)NCc3ccncc3)c2)c1. The molecule has 2 aromatic carbocycles. The molecule has 3 rings (SSSR count). The number of amides is 1. The molecule has 1 amide bonds. The zero-order valence-corrected chi connectivity index (χ0v) is 15.9. The van der Waals surface area contributed by atoms with Gasteiger partial charge in [0.15, 0.2) is 0 Å². The molecule has 0 unspecified atom stereocenters. The monoisotopic (exact) mass is 397 g/mol. The summed E-state index contributed by atoms with van der Waals surface area (Å²) >= 11 is 0. The molecule has 0 saturated carbocycles. The topological polar surface area (TPSA) is 97.4 Å². The molecule has 0 aliphatic rings. The Morgan fingerprint density at radius 3 is 2.54 bits per heavy atom. The summed E-state index contributed by atoms with van der Waals surface area (Å²) in [6.45, 7) is 0.320. The molecule has 0 bridgehead atoms. The highest BCUT2D eigenvalue weighted by atomic mass is 32.2. The number of hydrogen-bond donors (Lipinski definition) is 2. The first-order valence-electron chi connectivity index (χ1n) is 8.42. The van der Waals surface area contributed by atoms with E-state index >= 15 is 0 Å². The molecule has 0 saturated heterocycles. The Morgan fingerprint density at radius 1 is 1.04 bits per heavy atom. The molecule has 3 aromatic rings. The Morgan fingerprint density at radius 2 is 1.79 bits per heavy atom. The lowest BCUT2D eigenvalue weighted by Gasteiger charge is -2.11. The number of ether oxygens (including phenoxy) is 1. The molecule has 2 N–H and O–H groups in total. The molecule has 144 valence electrons. The molecule has 0 aliphatic heterocycles. The predicted octanol–water partition coefficient (Wildman–Crippen LogP) is 2.82. The Kier molecular flexibility index (Phi) is 5.90. The lowest BCUT2D eigenvalue weighted by atomic mass is 10.2. The second-order valence-corrected chi connectivity index (χ2v) is 7.59. The molecule has 0 atom stereocenters. The van der Waals surface area contributed by atoms with Gasteiger partial charge in [0.25, 0.3) is 15.9 Å². The van der Waals surface area contributed by atoms with Crippen molar-refractivity contribution in [1.29, 1.82) is 0 Å². The largest absolute Gasteiger partial charge is 0.497 e. The van der Waals surface area contributed by atoms with E-state index in [1.807, 2.05) is 0 Å². The quantitative estimate of drug-likeness (QED) is 0.639. The van der Waals surface area contributed by atoms with Crippen molar-refractivity contribution >= 4 is 21.6 Å². The number of sulfonamides is 1. The van der Waals surface area contributed by atoms with Crippen LogP contribution in [0.1, 0.15) is 15.9 Å². The summed E-state index contributed by atoms with van der Waals surface area (Å²) in [5.41, 5.74) is 1.52. The molecule has 0 aliphatic carbocycles. The maximum atomic E-state index is 12.7. The molecule has 0 spiro atoms. The van der Waals surface area contributed by atoms with Crippen molar-refractivity contribution in [2.24, 2.45) is 0 Å². The summed E-state index contributed by atoms with van der Waals surface area (Å²) in [6.07, 6.45) is 3.28. The fourth-order valence-electron chi connectivity index (χ4n) is 2.49. The van der Waals surface area contributed by atoms with Crippen LogP contribution in [-0.4, -0.2) is 26.4 Å². The van der Waals surface area contributed by atoms with Crippen molar-refractivity contribution in [3.05, 3.63) is 84.2 Å².